The molecule has 1 saturated carbocycles. The van der Waals surface area contributed by atoms with Crippen molar-refractivity contribution in [3.63, 3.8) is 0 Å². The van der Waals surface area contributed by atoms with Crippen molar-refractivity contribution < 1.29 is 4.79 Å². The second-order valence-corrected chi connectivity index (χ2v) is 6.43. The minimum atomic E-state index is -0.437. The highest BCUT2D eigenvalue weighted by molar-refractivity contribution is 5.94. The minimum absolute atomic E-state index is 0.164. The lowest BCUT2D eigenvalue weighted by molar-refractivity contribution is -0.128. The Bertz CT molecular complexity index is 737. The molecule has 5 heteroatoms. The number of primary amides is 1. The third-order valence-electron chi connectivity index (χ3n) is 5.58. The molecule has 1 aliphatic heterocycles. The van der Waals surface area contributed by atoms with Gasteiger partial charge in [0.25, 0.3) is 0 Å². The van der Waals surface area contributed by atoms with Gasteiger partial charge in [0.15, 0.2) is 0 Å². The lowest BCUT2D eigenvalue weighted by Gasteiger charge is -2.39. The number of hydrogen-bond donors (Lipinski definition) is 2. The fourth-order valence-corrected chi connectivity index (χ4v) is 4.33. The highest BCUT2D eigenvalue weighted by Crippen LogP contribution is 2.47. The minimum Gasteiger partial charge on any atom is -0.369 e. The normalized spacial score (nSPS) is 27.5. The van der Waals surface area contributed by atoms with Gasteiger partial charge in [-0.25, -0.2) is 4.98 Å². The molecule has 22 heavy (non-hydrogen) atoms. The smallest absolute Gasteiger partial charge is 0.225 e. The van der Waals surface area contributed by atoms with Gasteiger partial charge >= 0.3 is 0 Å². The number of aromatic nitrogens is 2. The second-order valence-electron chi connectivity index (χ2n) is 6.43. The van der Waals surface area contributed by atoms with E-state index in [1.165, 1.54) is 11.3 Å². The van der Waals surface area contributed by atoms with Crippen LogP contribution in [0.3, 0.4) is 0 Å². The summed E-state index contributed by atoms with van der Waals surface area (Å²) in [5.41, 5.74) is 8.80. The van der Waals surface area contributed by atoms with Crippen molar-refractivity contribution >= 4 is 22.6 Å². The summed E-state index contributed by atoms with van der Waals surface area (Å²) in [6.07, 6.45) is 9.60. The molecule has 115 valence electrons. The molecular formula is C17H21N4O. The van der Waals surface area contributed by atoms with Crippen LogP contribution in [0.5, 0.6) is 0 Å². The number of anilines is 1. The molecule has 0 saturated heterocycles. The van der Waals surface area contributed by atoms with Crippen LogP contribution >= 0.6 is 0 Å². The molecule has 2 aromatic heterocycles. The van der Waals surface area contributed by atoms with Crippen molar-refractivity contribution in [2.45, 2.75) is 38.6 Å². The van der Waals surface area contributed by atoms with E-state index in [4.69, 9.17) is 5.73 Å². The van der Waals surface area contributed by atoms with Crippen LogP contribution in [0.25, 0.3) is 11.0 Å². The Hall–Kier alpha value is -2.04. The molecule has 2 atom stereocenters. The number of fused-ring (bicyclic) bond motifs is 3. The van der Waals surface area contributed by atoms with Crippen molar-refractivity contribution in [3.05, 3.63) is 30.4 Å². The zero-order chi connectivity index (χ0) is 15.3. The molecular weight excluding hydrogens is 276 g/mol. The predicted molar refractivity (Wildman–Crippen MR) is 86.4 cm³/mol. The Kier molecular flexibility index (Phi) is 2.93. The van der Waals surface area contributed by atoms with E-state index in [1.807, 2.05) is 12.4 Å². The van der Waals surface area contributed by atoms with Crippen molar-refractivity contribution in [1.29, 1.82) is 0 Å². The number of hydrogen-bond acceptors (Lipinski definition) is 3. The van der Waals surface area contributed by atoms with Gasteiger partial charge < -0.3 is 15.6 Å². The number of amides is 1. The maximum absolute atomic E-state index is 12.2. The van der Waals surface area contributed by atoms with E-state index in [2.05, 4.69) is 34.3 Å². The van der Waals surface area contributed by atoms with Gasteiger partial charge in [-0.1, -0.05) is 6.92 Å². The first-order chi connectivity index (χ1) is 10.7. The summed E-state index contributed by atoms with van der Waals surface area (Å²) in [7, 11) is 0. The summed E-state index contributed by atoms with van der Waals surface area (Å²) in [4.78, 5) is 22.3. The first-order valence-corrected chi connectivity index (χ1v) is 8.00. The van der Waals surface area contributed by atoms with E-state index < -0.39 is 5.41 Å². The topological polar surface area (TPSA) is 75.0 Å². The molecule has 1 fully saturated rings. The highest BCUT2D eigenvalue weighted by Gasteiger charge is 2.50. The molecule has 0 spiro atoms. The molecule has 0 unspecified atom stereocenters. The fourth-order valence-electron chi connectivity index (χ4n) is 4.33. The van der Waals surface area contributed by atoms with Crippen LogP contribution in [0.1, 0.15) is 31.7 Å². The monoisotopic (exact) mass is 297 g/mol. The van der Waals surface area contributed by atoms with Gasteiger partial charge in [0.1, 0.15) is 5.65 Å². The Balaban J connectivity index is 1.83. The van der Waals surface area contributed by atoms with Gasteiger partial charge in [-0.3, -0.25) is 4.79 Å². The Morgan fingerprint density at radius 1 is 1.59 bits per heavy atom. The van der Waals surface area contributed by atoms with Crippen LogP contribution in [0, 0.1) is 11.8 Å². The van der Waals surface area contributed by atoms with E-state index >= 15 is 0 Å². The van der Waals surface area contributed by atoms with Crippen LogP contribution in [0.4, 0.5) is 5.69 Å². The zero-order valence-corrected chi connectivity index (χ0v) is 12.8. The molecule has 4 rings (SSSR count). The molecule has 3 heterocycles. The average molecular weight is 297 g/mol. The number of nitrogens with two attached hydrogens (primary N) is 1. The number of aromatic amines is 1. The average Bonchev–Trinajstić information content (AvgIpc) is 3.23. The maximum Gasteiger partial charge on any atom is 0.225 e. The summed E-state index contributed by atoms with van der Waals surface area (Å²) in [6, 6.07) is 2.24. The number of pyridine rings is 1. The lowest BCUT2D eigenvalue weighted by atomic mass is 9.78. The molecule has 0 aromatic carbocycles. The first kappa shape index (κ1) is 13.6. The van der Waals surface area contributed by atoms with Crippen molar-refractivity contribution in [1.82, 2.24) is 9.97 Å². The molecule has 1 radical (unpaired) electrons. The van der Waals surface area contributed by atoms with Gasteiger partial charge in [0.2, 0.25) is 5.91 Å². The standard InChI is InChI=1S/C17H21N4O/c1-2-17(16(18)22)7-3-4-13(17)21-9-6-11-10-20-15-12(14(11)21)5-8-19-15/h3,5,8,10,13H,2,4,6-7,9H2,1H3,(H2,18,22)(H,19,20)/t13-,17+/m0/s1. The zero-order valence-electron chi connectivity index (χ0n) is 12.8. The van der Waals surface area contributed by atoms with Crippen LogP contribution in [-0.4, -0.2) is 28.5 Å². The van der Waals surface area contributed by atoms with E-state index in [1.54, 1.807) is 0 Å². The number of carbonyl (C=O) groups is 1. The molecule has 3 N–H and O–H groups in total. The quantitative estimate of drug-likeness (QED) is 0.911. The molecule has 1 aliphatic carbocycles. The fraction of sp³-hybridized carbons (Fsp3) is 0.471. The third kappa shape index (κ3) is 1.65. The molecule has 2 aromatic rings. The SMILES string of the molecule is CC[C@@]1(C(N)=O)C[CH]C[C@@H]1N1CCc2cnc3[nH]ccc3c21. The van der Waals surface area contributed by atoms with Crippen molar-refractivity contribution in [2.75, 3.05) is 11.4 Å². The summed E-state index contributed by atoms with van der Waals surface area (Å²) < 4.78 is 0. The summed E-state index contributed by atoms with van der Waals surface area (Å²) in [5, 5.41) is 1.15. The van der Waals surface area contributed by atoms with E-state index in [0.717, 1.165) is 43.3 Å². The number of nitrogens with zero attached hydrogens (tertiary/aromatic N) is 2. The van der Waals surface area contributed by atoms with Gasteiger partial charge in [-0.15, -0.1) is 0 Å². The van der Waals surface area contributed by atoms with Crippen LogP contribution in [0.15, 0.2) is 18.5 Å². The van der Waals surface area contributed by atoms with E-state index in [-0.39, 0.29) is 11.9 Å². The Morgan fingerprint density at radius 2 is 2.45 bits per heavy atom. The Morgan fingerprint density at radius 3 is 3.23 bits per heavy atom. The van der Waals surface area contributed by atoms with E-state index in [9.17, 15) is 4.79 Å². The van der Waals surface area contributed by atoms with Crippen LogP contribution in [0.2, 0.25) is 0 Å². The number of rotatable bonds is 3. The predicted octanol–water partition coefficient (Wildman–Crippen LogP) is 2.17. The molecule has 5 nitrogen and oxygen atoms in total. The Labute approximate surface area is 129 Å². The number of nitrogens with one attached hydrogen (secondary N) is 1. The van der Waals surface area contributed by atoms with Crippen LogP contribution < -0.4 is 10.6 Å². The molecule has 0 bridgehead atoms. The summed E-state index contributed by atoms with van der Waals surface area (Å²) in [5.74, 6) is -0.165. The van der Waals surface area contributed by atoms with E-state index in [0.29, 0.717) is 0 Å². The first-order valence-electron chi connectivity index (χ1n) is 8.00. The lowest BCUT2D eigenvalue weighted by Crippen LogP contribution is -2.51. The second kappa shape index (κ2) is 4.73. The molecule has 1 amide bonds. The van der Waals surface area contributed by atoms with Crippen molar-refractivity contribution in [3.8, 4) is 0 Å². The number of H-pyrrole nitrogens is 1. The van der Waals surface area contributed by atoms with Gasteiger partial charge in [0.05, 0.1) is 11.1 Å². The number of carbonyl (C=O) groups excluding carboxylic acids is 1. The largest absolute Gasteiger partial charge is 0.369 e. The summed E-state index contributed by atoms with van der Waals surface area (Å²) >= 11 is 0. The maximum atomic E-state index is 12.2. The van der Waals surface area contributed by atoms with Gasteiger partial charge in [0, 0.05) is 30.4 Å². The summed E-state index contributed by atoms with van der Waals surface area (Å²) in [6.45, 7) is 3.02. The van der Waals surface area contributed by atoms with Gasteiger partial charge in [-0.2, -0.15) is 0 Å². The molecule has 2 aliphatic rings. The third-order valence-corrected chi connectivity index (χ3v) is 5.58. The highest BCUT2D eigenvalue weighted by atomic mass is 16.1. The van der Waals surface area contributed by atoms with Crippen molar-refractivity contribution in [2.24, 2.45) is 11.1 Å². The van der Waals surface area contributed by atoms with Crippen LogP contribution in [-0.2, 0) is 11.2 Å². The van der Waals surface area contributed by atoms with Gasteiger partial charge in [-0.05, 0) is 43.7 Å².